The van der Waals surface area contributed by atoms with Gasteiger partial charge in [-0.25, -0.2) is 17.5 Å². The lowest BCUT2D eigenvalue weighted by Crippen LogP contribution is -2.67. The molecule has 1 aliphatic rings. The predicted molar refractivity (Wildman–Crippen MR) is 71.6 cm³/mol. The minimum atomic E-state index is -3.79. The van der Waals surface area contributed by atoms with Crippen LogP contribution in [0, 0.1) is 0 Å². The first-order chi connectivity index (χ1) is 8.59. The van der Waals surface area contributed by atoms with Crippen LogP contribution in [-0.4, -0.2) is 30.1 Å². The quantitative estimate of drug-likeness (QED) is 0.877. The fraction of sp³-hybridized carbons (Fsp3) is 0.273. The van der Waals surface area contributed by atoms with E-state index in [2.05, 4.69) is 15.9 Å². The third-order valence-corrected chi connectivity index (χ3v) is 5.73. The van der Waals surface area contributed by atoms with Crippen LogP contribution in [0.15, 0.2) is 22.7 Å². The van der Waals surface area contributed by atoms with Gasteiger partial charge < -0.3 is 5.11 Å². The van der Waals surface area contributed by atoms with Crippen molar-refractivity contribution in [1.29, 1.82) is 0 Å². The zero-order valence-electron chi connectivity index (χ0n) is 10.0. The number of halogens is 1. The molecule has 8 heteroatoms. The lowest BCUT2D eigenvalue weighted by Gasteiger charge is -2.42. The van der Waals surface area contributed by atoms with Crippen LogP contribution in [0.2, 0.25) is 0 Å². The maximum Gasteiger partial charge on any atom is 0.335 e. The highest BCUT2D eigenvalue weighted by Crippen LogP contribution is 2.40. The minimum absolute atomic E-state index is 0.0242. The first-order valence-corrected chi connectivity index (χ1v) is 7.45. The summed E-state index contributed by atoms with van der Waals surface area (Å²) in [7, 11) is -3.79. The number of nitrogens with zero attached hydrogens (tertiary/aromatic N) is 1. The molecule has 2 rings (SSSR count). The van der Waals surface area contributed by atoms with Crippen molar-refractivity contribution in [2.24, 2.45) is 0 Å². The molecule has 1 aliphatic heterocycles. The first-order valence-electron chi connectivity index (χ1n) is 5.22. The van der Waals surface area contributed by atoms with Crippen molar-refractivity contribution in [3.05, 3.63) is 28.2 Å². The third kappa shape index (κ3) is 1.86. The average Bonchev–Trinajstić information content (AvgIpc) is 2.27. The number of anilines is 1. The number of carbonyl (C=O) groups excluding carboxylic acids is 1. The van der Waals surface area contributed by atoms with Crippen molar-refractivity contribution in [3.63, 3.8) is 0 Å². The van der Waals surface area contributed by atoms with Crippen LogP contribution in [0.3, 0.4) is 0 Å². The number of benzene rings is 1. The summed E-state index contributed by atoms with van der Waals surface area (Å²) >= 11 is 3.09. The van der Waals surface area contributed by atoms with Crippen LogP contribution in [-0.2, 0) is 14.8 Å². The van der Waals surface area contributed by atoms with Gasteiger partial charge in [0, 0.05) is 4.47 Å². The standard InChI is InChI=1S/C11H10BrNO5S/c1-11(2)10(16)13(19(11,17)18)8-4-6(9(14)15)3-7(12)5-8/h3-5H,1-2H3,(H,14,15). The number of hydrogen-bond acceptors (Lipinski definition) is 4. The third-order valence-electron chi connectivity index (χ3n) is 2.95. The van der Waals surface area contributed by atoms with Crippen LogP contribution >= 0.6 is 15.9 Å². The summed E-state index contributed by atoms with van der Waals surface area (Å²) in [6, 6.07) is 3.86. The van der Waals surface area contributed by atoms with Crippen LogP contribution < -0.4 is 4.31 Å². The molecule has 0 atom stereocenters. The molecule has 19 heavy (non-hydrogen) atoms. The summed E-state index contributed by atoms with van der Waals surface area (Å²) in [5.41, 5.74) is -0.0758. The van der Waals surface area contributed by atoms with Gasteiger partial charge in [-0.3, -0.25) is 4.79 Å². The van der Waals surface area contributed by atoms with Crippen molar-refractivity contribution < 1.29 is 23.1 Å². The molecule has 0 bridgehead atoms. The number of carboxylic acids is 1. The maximum atomic E-state index is 12.0. The average molecular weight is 348 g/mol. The lowest BCUT2D eigenvalue weighted by molar-refractivity contribution is -0.120. The molecule has 6 nitrogen and oxygen atoms in total. The Labute approximate surface area is 118 Å². The SMILES string of the molecule is CC1(C)C(=O)N(c2cc(Br)cc(C(=O)O)c2)S1(=O)=O. The number of aromatic carboxylic acids is 1. The monoisotopic (exact) mass is 347 g/mol. The summed E-state index contributed by atoms with van der Waals surface area (Å²) in [4.78, 5) is 22.8. The molecule has 0 radical (unpaired) electrons. The highest BCUT2D eigenvalue weighted by molar-refractivity contribution is 9.10. The maximum absolute atomic E-state index is 12.0. The summed E-state index contributed by atoms with van der Waals surface area (Å²) < 4.78 is 23.6. The molecule has 102 valence electrons. The molecular formula is C11H10BrNO5S. The van der Waals surface area contributed by atoms with E-state index >= 15 is 0 Å². The van der Waals surface area contributed by atoms with E-state index in [1.54, 1.807) is 0 Å². The fourth-order valence-corrected chi connectivity index (χ4v) is 3.67. The molecule has 0 spiro atoms. The van der Waals surface area contributed by atoms with Gasteiger partial charge in [0.05, 0.1) is 11.3 Å². The van der Waals surface area contributed by atoms with E-state index in [0.29, 0.717) is 8.78 Å². The van der Waals surface area contributed by atoms with Gasteiger partial charge in [0.15, 0.2) is 4.75 Å². The fourth-order valence-electron chi connectivity index (χ4n) is 1.72. The number of amides is 1. The Morgan fingerprint density at radius 2 is 1.89 bits per heavy atom. The lowest BCUT2D eigenvalue weighted by atomic mass is 10.1. The van der Waals surface area contributed by atoms with Gasteiger partial charge in [-0.1, -0.05) is 15.9 Å². The molecular weight excluding hydrogens is 338 g/mol. The molecule has 1 N–H and O–H groups in total. The largest absolute Gasteiger partial charge is 0.478 e. The molecule has 1 heterocycles. The zero-order valence-corrected chi connectivity index (χ0v) is 12.4. The Morgan fingerprint density at radius 1 is 1.32 bits per heavy atom. The Morgan fingerprint density at radius 3 is 2.37 bits per heavy atom. The first kappa shape index (κ1) is 14.0. The van der Waals surface area contributed by atoms with Crippen molar-refractivity contribution >= 4 is 43.5 Å². The van der Waals surface area contributed by atoms with Gasteiger partial charge in [0.25, 0.3) is 15.9 Å². The van der Waals surface area contributed by atoms with Crippen LogP contribution in [0.5, 0.6) is 0 Å². The molecule has 0 saturated carbocycles. The summed E-state index contributed by atoms with van der Waals surface area (Å²) in [5, 5.41) is 8.93. The van der Waals surface area contributed by atoms with Crippen LogP contribution in [0.4, 0.5) is 5.69 Å². The Kier molecular flexibility index (Phi) is 2.98. The summed E-state index contributed by atoms with van der Waals surface area (Å²) in [5.74, 6) is -1.78. The van der Waals surface area contributed by atoms with Crippen molar-refractivity contribution in [3.8, 4) is 0 Å². The zero-order chi connectivity index (χ0) is 14.6. The Bertz CT molecular complexity index is 695. The molecule has 1 aromatic carbocycles. The van der Waals surface area contributed by atoms with E-state index in [0.717, 1.165) is 6.07 Å². The predicted octanol–water partition coefficient (Wildman–Crippen LogP) is 1.60. The van der Waals surface area contributed by atoms with E-state index in [1.807, 2.05) is 0 Å². The normalized spacial score (nSPS) is 19.9. The van der Waals surface area contributed by atoms with Crippen molar-refractivity contribution in [2.75, 3.05) is 4.31 Å². The number of carbonyl (C=O) groups is 2. The highest BCUT2D eigenvalue weighted by Gasteiger charge is 2.60. The van der Waals surface area contributed by atoms with Gasteiger partial charge in [0.1, 0.15) is 0 Å². The molecule has 0 aliphatic carbocycles. The smallest absolute Gasteiger partial charge is 0.335 e. The number of carboxylic acid groups (broad SMARTS) is 1. The number of rotatable bonds is 2. The van der Waals surface area contributed by atoms with Gasteiger partial charge >= 0.3 is 5.97 Å². The number of hydrogen-bond donors (Lipinski definition) is 1. The molecule has 1 fully saturated rings. The van der Waals surface area contributed by atoms with Crippen molar-refractivity contribution in [2.45, 2.75) is 18.6 Å². The van der Waals surface area contributed by atoms with E-state index < -0.39 is 26.6 Å². The van der Waals surface area contributed by atoms with Crippen LogP contribution in [0.1, 0.15) is 24.2 Å². The van der Waals surface area contributed by atoms with Gasteiger partial charge in [-0.15, -0.1) is 0 Å². The van der Waals surface area contributed by atoms with Crippen LogP contribution in [0.25, 0.3) is 0 Å². The van der Waals surface area contributed by atoms with Gasteiger partial charge in [-0.2, -0.15) is 0 Å². The second kappa shape index (κ2) is 4.04. The summed E-state index contributed by atoms with van der Waals surface area (Å²) in [6.45, 7) is 2.63. The van der Waals surface area contributed by atoms with E-state index in [9.17, 15) is 18.0 Å². The van der Waals surface area contributed by atoms with Crippen molar-refractivity contribution in [1.82, 2.24) is 0 Å². The highest BCUT2D eigenvalue weighted by atomic mass is 79.9. The molecule has 0 aromatic heterocycles. The molecule has 1 saturated heterocycles. The van der Waals surface area contributed by atoms with Gasteiger partial charge in [0.2, 0.25) is 0 Å². The molecule has 1 aromatic rings. The second-order valence-electron chi connectivity index (χ2n) is 4.59. The van der Waals surface area contributed by atoms with E-state index in [-0.39, 0.29) is 11.3 Å². The molecule has 0 unspecified atom stereocenters. The van der Waals surface area contributed by atoms with E-state index in [4.69, 9.17) is 5.11 Å². The van der Waals surface area contributed by atoms with E-state index in [1.165, 1.54) is 26.0 Å². The molecule has 1 amide bonds. The Hall–Kier alpha value is -1.41. The topological polar surface area (TPSA) is 91.8 Å². The minimum Gasteiger partial charge on any atom is -0.478 e. The number of sulfonamides is 1. The van der Waals surface area contributed by atoms with Gasteiger partial charge in [-0.05, 0) is 32.0 Å². The second-order valence-corrected chi connectivity index (χ2v) is 7.84. The Balaban J connectivity index is 2.56. The summed E-state index contributed by atoms with van der Waals surface area (Å²) in [6.07, 6.45) is 0.